The number of amides is 5. The van der Waals surface area contributed by atoms with Gasteiger partial charge < -0.3 is 43.2 Å². The van der Waals surface area contributed by atoms with Crippen LogP contribution in [-0.4, -0.2) is 74.7 Å². The minimum absolute atomic E-state index is 0.0213. The van der Waals surface area contributed by atoms with Crippen LogP contribution in [0.3, 0.4) is 0 Å². The van der Waals surface area contributed by atoms with Crippen molar-refractivity contribution in [2.24, 2.45) is 17.2 Å². The number of carboxylic acids is 1. The van der Waals surface area contributed by atoms with Gasteiger partial charge in [0.15, 0.2) is 0 Å². The Labute approximate surface area is 223 Å². The number of aliphatic carboxylic acids is 1. The lowest BCUT2D eigenvalue weighted by atomic mass is 10.0. The van der Waals surface area contributed by atoms with E-state index in [0.717, 1.165) is 0 Å². The third-order valence-corrected chi connectivity index (χ3v) is 5.58. The zero-order valence-electron chi connectivity index (χ0n) is 21.0. The minimum atomic E-state index is -1.44. The fourth-order valence-electron chi connectivity index (χ4n) is 3.56. The van der Waals surface area contributed by atoms with E-state index in [9.17, 15) is 33.9 Å². The first kappa shape index (κ1) is 30.4. The molecule has 0 radical (unpaired) electrons. The van der Waals surface area contributed by atoms with Gasteiger partial charge in [0.1, 0.15) is 18.1 Å². The summed E-state index contributed by atoms with van der Waals surface area (Å²) in [7, 11) is 0. The average molecular weight is 545 g/mol. The third kappa shape index (κ3) is 10.6. The Morgan fingerprint density at radius 1 is 0.846 bits per heavy atom. The number of carbonyl (C=O) groups excluding carboxylic acids is 5. The molecule has 0 aliphatic carbocycles. The number of aromatic amines is 1. The van der Waals surface area contributed by atoms with Crippen molar-refractivity contribution < 1.29 is 33.9 Å². The van der Waals surface area contributed by atoms with Crippen LogP contribution < -0.4 is 33.2 Å². The highest BCUT2D eigenvalue weighted by Gasteiger charge is 2.31. The summed E-state index contributed by atoms with van der Waals surface area (Å²) in [5.41, 5.74) is 17.0. The number of hydrogen-bond donors (Lipinski definition) is 8. The predicted molar refractivity (Wildman–Crippen MR) is 136 cm³/mol. The molecule has 15 heteroatoms. The summed E-state index contributed by atoms with van der Waals surface area (Å²) in [6, 6.07) is 3.34. The number of hydrogen-bond acceptors (Lipinski definition) is 8. The maximum atomic E-state index is 13.3. The van der Waals surface area contributed by atoms with Crippen molar-refractivity contribution in [3.8, 4) is 0 Å². The van der Waals surface area contributed by atoms with Crippen molar-refractivity contribution >= 4 is 35.5 Å². The molecule has 1 heterocycles. The number of nitrogens with one attached hydrogen (secondary N) is 4. The quantitative estimate of drug-likeness (QED) is 0.108. The second kappa shape index (κ2) is 14.8. The molecule has 0 aliphatic rings. The topological polar surface area (TPSA) is 265 Å². The second-order valence-electron chi connectivity index (χ2n) is 8.77. The summed E-state index contributed by atoms with van der Waals surface area (Å²) < 4.78 is 0. The van der Waals surface area contributed by atoms with E-state index in [0.29, 0.717) is 11.3 Å². The van der Waals surface area contributed by atoms with E-state index in [-0.39, 0.29) is 25.7 Å². The number of aromatic nitrogens is 2. The summed E-state index contributed by atoms with van der Waals surface area (Å²) in [5, 5.41) is 16.8. The zero-order valence-corrected chi connectivity index (χ0v) is 21.0. The monoisotopic (exact) mass is 544 g/mol. The van der Waals surface area contributed by atoms with Crippen molar-refractivity contribution in [3.63, 3.8) is 0 Å². The van der Waals surface area contributed by atoms with E-state index in [1.807, 2.05) is 0 Å². The van der Waals surface area contributed by atoms with Crippen LogP contribution in [0.4, 0.5) is 0 Å². The number of nitrogens with two attached hydrogens (primary N) is 3. The van der Waals surface area contributed by atoms with Gasteiger partial charge in [-0.3, -0.25) is 24.0 Å². The third-order valence-electron chi connectivity index (χ3n) is 5.58. The van der Waals surface area contributed by atoms with Crippen LogP contribution in [0, 0.1) is 0 Å². The first-order valence-corrected chi connectivity index (χ1v) is 11.9. The largest absolute Gasteiger partial charge is 0.480 e. The van der Waals surface area contributed by atoms with Gasteiger partial charge in [-0.2, -0.15) is 0 Å². The van der Waals surface area contributed by atoms with Gasteiger partial charge in [0, 0.05) is 31.2 Å². The van der Waals surface area contributed by atoms with E-state index < -0.39 is 66.1 Å². The van der Waals surface area contributed by atoms with Crippen molar-refractivity contribution in [1.29, 1.82) is 0 Å². The molecule has 11 N–H and O–H groups in total. The lowest BCUT2D eigenvalue weighted by molar-refractivity contribution is -0.142. The minimum Gasteiger partial charge on any atom is -0.480 e. The van der Waals surface area contributed by atoms with Crippen LogP contribution in [0.15, 0.2) is 42.9 Å². The number of nitrogens with zero attached hydrogens (tertiary/aromatic N) is 1. The Bertz CT molecular complexity index is 1160. The predicted octanol–water partition coefficient (Wildman–Crippen LogP) is -2.80. The van der Waals surface area contributed by atoms with Crippen LogP contribution in [0.5, 0.6) is 0 Å². The summed E-state index contributed by atoms with van der Waals surface area (Å²) >= 11 is 0. The second-order valence-corrected chi connectivity index (χ2v) is 8.77. The van der Waals surface area contributed by atoms with E-state index in [1.165, 1.54) is 12.5 Å². The standard InChI is InChI=1S/C24H32N8O7/c25-15(10-20(27)34)21(35)31-18(9-14-11-28-12-29-14)23(37)32-17(8-13-4-2-1-3-5-13)22(36)30-16(24(38)39)6-7-19(26)33/h1-5,11-12,15-18H,6-10,25H2,(H2,26,33)(H2,27,34)(H,28,29)(H,30,36)(H,31,35)(H,32,37)(H,38,39). The summed E-state index contributed by atoms with van der Waals surface area (Å²) in [6.45, 7) is 0. The molecule has 2 aromatic rings. The van der Waals surface area contributed by atoms with Crippen LogP contribution in [0.25, 0.3) is 0 Å². The fraction of sp³-hybridized carbons (Fsp3) is 0.375. The Kier molecular flexibility index (Phi) is 11.6. The number of rotatable bonds is 16. The van der Waals surface area contributed by atoms with Crippen LogP contribution in [0.1, 0.15) is 30.5 Å². The molecule has 39 heavy (non-hydrogen) atoms. The molecule has 4 unspecified atom stereocenters. The normalized spacial score (nSPS) is 13.8. The van der Waals surface area contributed by atoms with Gasteiger partial charge in [0.2, 0.25) is 29.5 Å². The smallest absolute Gasteiger partial charge is 0.326 e. The lowest BCUT2D eigenvalue weighted by Gasteiger charge is -2.25. The van der Waals surface area contributed by atoms with E-state index in [2.05, 4.69) is 25.9 Å². The van der Waals surface area contributed by atoms with Gasteiger partial charge in [-0.1, -0.05) is 30.3 Å². The average Bonchev–Trinajstić information content (AvgIpc) is 3.38. The fourth-order valence-corrected chi connectivity index (χ4v) is 3.56. The van der Waals surface area contributed by atoms with Crippen LogP contribution >= 0.6 is 0 Å². The molecule has 0 fully saturated rings. The first-order chi connectivity index (χ1) is 18.5. The molecule has 1 aromatic heterocycles. The SMILES string of the molecule is NC(=O)CCC(NC(=O)C(Cc1ccccc1)NC(=O)C(Cc1cnc[nH]1)NC(=O)C(N)CC(N)=O)C(=O)O. The van der Waals surface area contributed by atoms with Crippen molar-refractivity contribution in [3.05, 3.63) is 54.1 Å². The molecule has 0 bridgehead atoms. The van der Waals surface area contributed by atoms with Gasteiger partial charge in [-0.25, -0.2) is 9.78 Å². The molecule has 0 aliphatic heterocycles. The first-order valence-electron chi connectivity index (χ1n) is 11.9. The highest BCUT2D eigenvalue weighted by Crippen LogP contribution is 2.07. The van der Waals surface area contributed by atoms with Crippen molar-refractivity contribution in [2.45, 2.75) is 56.3 Å². The van der Waals surface area contributed by atoms with E-state index in [1.54, 1.807) is 30.3 Å². The molecule has 1 aromatic carbocycles. The van der Waals surface area contributed by atoms with E-state index in [4.69, 9.17) is 17.2 Å². The molecule has 0 spiro atoms. The van der Waals surface area contributed by atoms with Crippen LogP contribution in [0.2, 0.25) is 0 Å². The van der Waals surface area contributed by atoms with Gasteiger partial charge >= 0.3 is 5.97 Å². The molecular weight excluding hydrogens is 512 g/mol. The Morgan fingerprint density at radius 2 is 1.44 bits per heavy atom. The van der Waals surface area contributed by atoms with Crippen molar-refractivity contribution in [2.75, 3.05) is 0 Å². The zero-order chi connectivity index (χ0) is 28.9. The van der Waals surface area contributed by atoms with Gasteiger partial charge in [0.05, 0.1) is 18.8 Å². The molecular formula is C24H32N8O7. The molecule has 5 amide bonds. The summed E-state index contributed by atoms with van der Waals surface area (Å²) in [4.78, 5) is 79.6. The lowest BCUT2D eigenvalue weighted by Crippen LogP contribution is -2.58. The highest BCUT2D eigenvalue weighted by molar-refractivity contribution is 5.95. The maximum absolute atomic E-state index is 13.3. The number of carbonyl (C=O) groups is 6. The molecule has 4 atom stereocenters. The van der Waals surface area contributed by atoms with E-state index >= 15 is 0 Å². The summed E-state index contributed by atoms with van der Waals surface area (Å²) in [6.07, 6.45) is 1.72. The molecule has 0 saturated heterocycles. The number of H-pyrrole nitrogens is 1. The molecule has 0 saturated carbocycles. The van der Waals surface area contributed by atoms with Gasteiger partial charge in [0.25, 0.3) is 0 Å². The van der Waals surface area contributed by atoms with Gasteiger partial charge in [-0.15, -0.1) is 0 Å². The Morgan fingerprint density at radius 3 is 1.97 bits per heavy atom. The number of carboxylic acid groups (broad SMARTS) is 1. The molecule has 15 nitrogen and oxygen atoms in total. The number of primary amides is 2. The highest BCUT2D eigenvalue weighted by atomic mass is 16.4. The number of benzene rings is 1. The Balaban J connectivity index is 2.27. The van der Waals surface area contributed by atoms with Crippen LogP contribution in [-0.2, 0) is 41.6 Å². The molecule has 210 valence electrons. The van der Waals surface area contributed by atoms with Crippen molar-refractivity contribution in [1.82, 2.24) is 25.9 Å². The number of imidazole rings is 1. The maximum Gasteiger partial charge on any atom is 0.326 e. The van der Waals surface area contributed by atoms with Gasteiger partial charge in [-0.05, 0) is 12.0 Å². The Hall–Kier alpha value is -4.79. The summed E-state index contributed by atoms with van der Waals surface area (Å²) in [5.74, 6) is -5.38. The molecule has 2 rings (SSSR count).